The fourth-order valence-corrected chi connectivity index (χ4v) is 5.06. The first-order valence-corrected chi connectivity index (χ1v) is 11.5. The predicted octanol–water partition coefficient (Wildman–Crippen LogP) is 3.04. The highest BCUT2D eigenvalue weighted by Gasteiger charge is 2.43. The van der Waals surface area contributed by atoms with Crippen molar-refractivity contribution in [2.24, 2.45) is 4.99 Å². The van der Waals surface area contributed by atoms with Gasteiger partial charge in [-0.05, 0) is 50.8 Å². The molecule has 8 heteroatoms. The van der Waals surface area contributed by atoms with E-state index < -0.39 is 0 Å². The van der Waals surface area contributed by atoms with Crippen LogP contribution in [0.15, 0.2) is 40.2 Å². The van der Waals surface area contributed by atoms with Crippen molar-refractivity contribution in [2.45, 2.75) is 47.8 Å². The van der Waals surface area contributed by atoms with Gasteiger partial charge < -0.3 is 15.5 Å². The van der Waals surface area contributed by atoms with Crippen molar-refractivity contribution >= 4 is 47.6 Å². The number of benzene rings is 1. The molecule has 2 aliphatic rings. The molecule has 1 atom stereocenters. The Bertz CT molecular complexity index is 696. The van der Waals surface area contributed by atoms with Crippen LogP contribution in [0, 0.1) is 0 Å². The number of hydrogen-bond acceptors (Lipinski definition) is 4. The van der Waals surface area contributed by atoms with E-state index in [9.17, 15) is 4.79 Å². The van der Waals surface area contributed by atoms with E-state index in [0.29, 0.717) is 4.75 Å². The van der Waals surface area contributed by atoms with Gasteiger partial charge in [0.2, 0.25) is 5.91 Å². The molecular weight excluding hydrogens is 509 g/mol. The minimum absolute atomic E-state index is 0. The summed E-state index contributed by atoms with van der Waals surface area (Å²) in [6.45, 7) is 3.76. The lowest BCUT2D eigenvalue weighted by Crippen LogP contribution is -2.44. The molecule has 1 heterocycles. The lowest BCUT2D eigenvalue weighted by molar-refractivity contribution is -0.133. The number of likely N-dealkylation sites (N-methyl/N-ethyl adjacent to an activating group) is 1. The third kappa shape index (κ3) is 7.30. The Hall–Kier alpha value is -1.000. The monoisotopic (exact) mass is 545 g/mol. The first kappa shape index (κ1) is 25.3. The molecule has 1 aliphatic carbocycles. The third-order valence-corrected chi connectivity index (χ3v) is 7.18. The molecule has 3 rings (SSSR count). The first-order valence-electron chi connectivity index (χ1n) is 10.7. The number of aliphatic imine (C=N–C) groups is 1. The molecule has 2 fully saturated rings. The molecule has 0 spiro atoms. The molecule has 168 valence electrons. The molecule has 1 saturated heterocycles. The largest absolute Gasteiger partial charge is 0.356 e. The zero-order valence-corrected chi connectivity index (χ0v) is 21.5. The van der Waals surface area contributed by atoms with Gasteiger partial charge in [0.25, 0.3) is 0 Å². The number of carbonyl (C=O) groups excluding carboxylic acids is 1. The van der Waals surface area contributed by atoms with E-state index in [0.717, 1.165) is 51.4 Å². The molecule has 1 aromatic rings. The van der Waals surface area contributed by atoms with Gasteiger partial charge in [0, 0.05) is 50.4 Å². The van der Waals surface area contributed by atoms with Crippen molar-refractivity contribution in [3.8, 4) is 0 Å². The summed E-state index contributed by atoms with van der Waals surface area (Å²) in [5, 5.41) is 6.94. The number of hydrogen-bond donors (Lipinski definition) is 2. The summed E-state index contributed by atoms with van der Waals surface area (Å²) in [6.07, 6.45) is 5.58. The molecule has 1 aromatic carbocycles. The average Bonchev–Trinajstić information content (AvgIpc) is 3.32. The van der Waals surface area contributed by atoms with Gasteiger partial charge in [0.1, 0.15) is 0 Å². The van der Waals surface area contributed by atoms with E-state index in [1.165, 1.54) is 17.7 Å². The van der Waals surface area contributed by atoms with Crippen molar-refractivity contribution in [3.63, 3.8) is 0 Å². The Morgan fingerprint density at radius 2 is 2.00 bits per heavy atom. The van der Waals surface area contributed by atoms with Crippen molar-refractivity contribution in [2.75, 3.05) is 47.3 Å². The summed E-state index contributed by atoms with van der Waals surface area (Å²) < 4.78 is 0.300. The molecule has 1 unspecified atom stereocenters. The number of thioether (sulfide) groups is 1. The summed E-state index contributed by atoms with van der Waals surface area (Å²) in [4.78, 5) is 22.0. The fourth-order valence-electron chi connectivity index (χ4n) is 3.82. The topological polar surface area (TPSA) is 60.0 Å². The van der Waals surface area contributed by atoms with Gasteiger partial charge in [-0.25, -0.2) is 0 Å². The quantitative estimate of drug-likeness (QED) is 0.216. The van der Waals surface area contributed by atoms with Crippen LogP contribution in [0.25, 0.3) is 0 Å². The molecule has 0 bridgehead atoms. The predicted molar refractivity (Wildman–Crippen MR) is 137 cm³/mol. The number of nitrogens with zero attached hydrogens (tertiary/aromatic N) is 3. The van der Waals surface area contributed by atoms with E-state index in [4.69, 9.17) is 0 Å². The van der Waals surface area contributed by atoms with Crippen molar-refractivity contribution in [1.29, 1.82) is 0 Å². The Labute approximate surface area is 202 Å². The molecule has 30 heavy (non-hydrogen) atoms. The number of carbonyl (C=O) groups is 1. The maximum absolute atomic E-state index is 12.3. The van der Waals surface area contributed by atoms with Crippen LogP contribution >= 0.6 is 35.7 Å². The lowest BCUT2D eigenvalue weighted by atomic mass is 10.2. The van der Waals surface area contributed by atoms with E-state index in [-0.39, 0.29) is 35.9 Å². The summed E-state index contributed by atoms with van der Waals surface area (Å²) in [5.41, 5.74) is 0. The second kappa shape index (κ2) is 12.1. The molecule has 1 saturated carbocycles. The molecule has 2 N–H and O–H groups in total. The van der Waals surface area contributed by atoms with Crippen LogP contribution in [0.4, 0.5) is 0 Å². The second-order valence-corrected chi connectivity index (χ2v) is 9.77. The standard InChI is InChI=1S/C22H35N5OS.HI/c1-23-21(25-17-22(12-13-22)29-18-9-5-4-6-10-18)24-14-8-16-27-15-7-11-19(27)20(28)26(2)3;/h4-6,9-10,19H,7-8,11-17H2,1-3H3,(H2,23,24,25);1H. The van der Waals surface area contributed by atoms with Crippen LogP contribution in [0.5, 0.6) is 0 Å². The highest BCUT2D eigenvalue weighted by molar-refractivity contribution is 14.0. The zero-order valence-electron chi connectivity index (χ0n) is 18.4. The smallest absolute Gasteiger partial charge is 0.239 e. The van der Waals surface area contributed by atoms with Gasteiger partial charge in [-0.1, -0.05) is 18.2 Å². The van der Waals surface area contributed by atoms with E-state index in [2.05, 4.69) is 50.9 Å². The van der Waals surface area contributed by atoms with Gasteiger partial charge in [-0.3, -0.25) is 14.7 Å². The SMILES string of the molecule is CN=C(NCCCN1CCCC1C(=O)N(C)C)NCC1(Sc2ccccc2)CC1.I. The highest BCUT2D eigenvalue weighted by Crippen LogP contribution is 2.51. The van der Waals surface area contributed by atoms with Crippen LogP contribution < -0.4 is 10.6 Å². The summed E-state index contributed by atoms with van der Waals surface area (Å²) in [6, 6.07) is 10.7. The minimum atomic E-state index is 0. The Balaban J connectivity index is 0.00000320. The summed E-state index contributed by atoms with van der Waals surface area (Å²) in [5.74, 6) is 1.10. The number of guanidine groups is 1. The molecule has 1 aliphatic heterocycles. The van der Waals surface area contributed by atoms with Gasteiger partial charge >= 0.3 is 0 Å². The van der Waals surface area contributed by atoms with Gasteiger partial charge in [0.05, 0.1) is 6.04 Å². The van der Waals surface area contributed by atoms with Crippen LogP contribution in [-0.2, 0) is 4.79 Å². The molecular formula is C22H36IN5OS. The Morgan fingerprint density at radius 3 is 2.63 bits per heavy atom. The first-order chi connectivity index (χ1) is 14.0. The minimum Gasteiger partial charge on any atom is -0.356 e. The molecule has 1 amide bonds. The van der Waals surface area contributed by atoms with Crippen molar-refractivity contribution in [1.82, 2.24) is 20.4 Å². The molecule has 6 nitrogen and oxygen atoms in total. The maximum atomic E-state index is 12.3. The van der Waals surface area contributed by atoms with Crippen molar-refractivity contribution < 1.29 is 4.79 Å². The van der Waals surface area contributed by atoms with Crippen molar-refractivity contribution in [3.05, 3.63) is 30.3 Å². The van der Waals surface area contributed by atoms with Crippen LogP contribution in [-0.4, -0.2) is 79.8 Å². The highest BCUT2D eigenvalue weighted by atomic mass is 127. The van der Waals surface area contributed by atoms with Crippen LogP contribution in [0.3, 0.4) is 0 Å². The fraction of sp³-hybridized carbons (Fsp3) is 0.636. The van der Waals surface area contributed by atoms with Gasteiger partial charge in [0.15, 0.2) is 5.96 Å². The molecule has 0 radical (unpaired) electrons. The van der Waals surface area contributed by atoms with E-state index in [1.54, 1.807) is 4.90 Å². The summed E-state index contributed by atoms with van der Waals surface area (Å²) in [7, 11) is 5.52. The number of likely N-dealkylation sites (tertiary alicyclic amines) is 1. The lowest BCUT2D eigenvalue weighted by Gasteiger charge is -2.26. The average molecular weight is 546 g/mol. The number of halogens is 1. The maximum Gasteiger partial charge on any atom is 0.239 e. The Kier molecular flexibility index (Phi) is 10.2. The van der Waals surface area contributed by atoms with Crippen LogP contribution in [0.2, 0.25) is 0 Å². The van der Waals surface area contributed by atoms with E-state index >= 15 is 0 Å². The number of nitrogens with one attached hydrogen (secondary N) is 2. The normalized spacial score (nSPS) is 20.4. The summed E-state index contributed by atoms with van der Waals surface area (Å²) >= 11 is 1.97. The van der Waals surface area contributed by atoms with Gasteiger partial charge in [-0.15, -0.1) is 35.7 Å². The number of rotatable bonds is 9. The number of amides is 1. The Morgan fingerprint density at radius 1 is 1.27 bits per heavy atom. The van der Waals surface area contributed by atoms with E-state index in [1.807, 2.05) is 32.9 Å². The molecule has 0 aromatic heterocycles. The van der Waals surface area contributed by atoms with Crippen LogP contribution in [0.1, 0.15) is 32.1 Å². The van der Waals surface area contributed by atoms with Gasteiger partial charge in [-0.2, -0.15) is 0 Å². The second-order valence-electron chi connectivity index (χ2n) is 8.23. The zero-order chi connectivity index (χ0) is 20.7. The third-order valence-electron chi connectivity index (χ3n) is 5.69.